The van der Waals surface area contributed by atoms with Crippen LogP contribution < -0.4 is 4.90 Å². The average molecular weight is 736 g/mol. The Balaban J connectivity index is 1.14. The van der Waals surface area contributed by atoms with Crippen molar-refractivity contribution in [3.8, 4) is 33.4 Å². The minimum absolute atomic E-state index is 1.11. The third kappa shape index (κ3) is 5.51. The molecule has 0 atom stereocenters. The monoisotopic (exact) mass is 735 g/mol. The van der Waals surface area contributed by atoms with Crippen molar-refractivity contribution in [3.63, 3.8) is 0 Å². The maximum absolute atomic E-state index is 2.49. The Morgan fingerprint density at radius 3 is 1.76 bits per heavy atom. The highest BCUT2D eigenvalue weighted by Gasteiger charge is 2.22. The lowest BCUT2D eigenvalue weighted by Gasteiger charge is -2.29. The summed E-state index contributed by atoms with van der Waals surface area (Å²) in [7, 11) is 0. The van der Waals surface area contributed by atoms with Gasteiger partial charge in [-0.05, 0) is 99.3 Å². The van der Waals surface area contributed by atoms with Crippen molar-refractivity contribution in [2.24, 2.45) is 0 Å². The molecule has 0 aliphatic rings. The van der Waals surface area contributed by atoms with Crippen LogP contribution in [0.25, 0.3) is 84.5 Å². The molecule has 11 aromatic rings. The van der Waals surface area contributed by atoms with Crippen molar-refractivity contribution in [3.05, 3.63) is 200 Å². The molecule has 0 saturated heterocycles. The standard InChI is InChI=1S/C52H33NS2/c1-2-12-36(13-3-1)42-29-25-40(38-22-21-34-11-4-5-14-37(34)31-38)33-47(42)53(46-17-10-20-51-52(46)44-16-7-9-19-49(44)55-51)41-27-23-35(24-28-41)39-26-30-50-45(32-39)43-15-6-8-18-48(43)54-50/h1-33H. The van der Waals surface area contributed by atoms with Gasteiger partial charge in [0.05, 0.1) is 11.4 Å². The Morgan fingerprint density at radius 1 is 0.309 bits per heavy atom. The molecule has 0 bridgehead atoms. The van der Waals surface area contributed by atoms with Crippen LogP contribution in [0, 0.1) is 0 Å². The van der Waals surface area contributed by atoms with Gasteiger partial charge in [0.25, 0.3) is 0 Å². The van der Waals surface area contributed by atoms with Crippen molar-refractivity contribution >= 4 is 90.9 Å². The van der Waals surface area contributed by atoms with E-state index in [0.29, 0.717) is 0 Å². The fourth-order valence-corrected chi connectivity index (χ4v) is 10.4. The Bertz CT molecular complexity index is 3210. The topological polar surface area (TPSA) is 3.24 Å². The molecule has 1 nitrogen and oxygen atoms in total. The molecule has 11 rings (SSSR count). The third-order valence-corrected chi connectivity index (χ3v) is 13.2. The third-order valence-electron chi connectivity index (χ3n) is 10.9. The van der Waals surface area contributed by atoms with Crippen molar-refractivity contribution < 1.29 is 0 Å². The first-order valence-electron chi connectivity index (χ1n) is 18.7. The van der Waals surface area contributed by atoms with Gasteiger partial charge >= 0.3 is 0 Å². The van der Waals surface area contributed by atoms with Crippen LogP contribution in [0.2, 0.25) is 0 Å². The second-order valence-electron chi connectivity index (χ2n) is 14.1. The molecular weight excluding hydrogens is 703 g/mol. The number of thiophene rings is 2. The Kier molecular flexibility index (Phi) is 7.61. The van der Waals surface area contributed by atoms with E-state index < -0.39 is 0 Å². The first-order valence-corrected chi connectivity index (χ1v) is 20.3. The number of benzene rings is 9. The van der Waals surface area contributed by atoms with Crippen molar-refractivity contribution in [1.82, 2.24) is 0 Å². The van der Waals surface area contributed by atoms with E-state index in [-0.39, 0.29) is 0 Å². The first kappa shape index (κ1) is 32.0. The van der Waals surface area contributed by atoms with Gasteiger partial charge in [0.2, 0.25) is 0 Å². The van der Waals surface area contributed by atoms with E-state index >= 15 is 0 Å². The molecule has 9 aromatic carbocycles. The van der Waals surface area contributed by atoms with Gasteiger partial charge in [-0.1, -0.05) is 140 Å². The summed E-state index contributed by atoms with van der Waals surface area (Å²) in [6.07, 6.45) is 0. The van der Waals surface area contributed by atoms with Crippen LogP contribution in [-0.2, 0) is 0 Å². The van der Waals surface area contributed by atoms with E-state index in [1.54, 1.807) is 0 Å². The largest absolute Gasteiger partial charge is 0.309 e. The van der Waals surface area contributed by atoms with Crippen LogP contribution in [0.1, 0.15) is 0 Å². The summed E-state index contributed by atoms with van der Waals surface area (Å²) in [6, 6.07) is 73.6. The Morgan fingerprint density at radius 2 is 0.909 bits per heavy atom. The molecule has 0 amide bonds. The summed E-state index contributed by atoms with van der Waals surface area (Å²) in [4.78, 5) is 2.49. The molecular formula is C52H33NS2. The number of fused-ring (bicyclic) bond motifs is 7. The molecule has 55 heavy (non-hydrogen) atoms. The van der Waals surface area contributed by atoms with Gasteiger partial charge in [0.1, 0.15) is 0 Å². The highest BCUT2D eigenvalue weighted by molar-refractivity contribution is 7.26. The quantitative estimate of drug-likeness (QED) is 0.164. The van der Waals surface area contributed by atoms with E-state index in [0.717, 1.165) is 11.4 Å². The first-order chi connectivity index (χ1) is 27.2. The predicted octanol–water partition coefficient (Wildman–Crippen LogP) is 16.0. The molecule has 0 unspecified atom stereocenters. The van der Waals surface area contributed by atoms with Crippen molar-refractivity contribution in [2.45, 2.75) is 0 Å². The zero-order chi connectivity index (χ0) is 36.3. The van der Waals surface area contributed by atoms with E-state index in [1.807, 2.05) is 22.7 Å². The lowest BCUT2D eigenvalue weighted by molar-refractivity contribution is 1.30. The summed E-state index contributed by atoms with van der Waals surface area (Å²) >= 11 is 3.72. The summed E-state index contributed by atoms with van der Waals surface area (Å²) in [5.74, 6) is 0. The lowest BCUT2D eigenvalue weighted by Crippen LogP contribution is -2.12. The van der Waals surface area contributed by atoms with Gasteiger partial charge in [-0.3, -0.25) is 0 Å². The highest BCUT2D eigenvalue weighted by atomic mass is 32.1. The number of rotatable bonds is 6. The smallest absolute Gasteiger partial charge is 0.0555 e. The molecule has 0 aliphatic carbocycles. The van der Waals surface area contributed by atoms with E-state index in [9.17, 15) is 0 Å². The summed E-state index contributed by atoms with van der Waals surface area (Å²) in [5.41, 5.74) is 10.6. The fraction of sp³-hybridized carbons (Fsp3) is 0. The average Bonchev–Trinajstić information content (AvgIpc) is 3.83. The second-order valence-corrected chi connectivity index (χ2v) is 16.3. The van der Waals surface area contributed by atoms with Gasteiger partial charge in [-0.2, -0.15) is 0 Å². The van der Waals surface area contributed by atoms with Gasteiger partial charge in [-0.25, -0.2) is 0 Å². The SMILES string of the molecule is c1ccc(-c2ccc(-c3ccc4ccccc4c3)cc2N(c2ccc(-c3ccc4sc5ccccc5c4c3)cc2)c2cccc3sc4ccccc4c23)cc1. The molecule has 0 N–H and O–H groups in total. The van der Waals surface area contributed by atoms with Crippen LogP contribution in [-0.4, -0.2) is 0 Å². The normalized spacial score (nSPS) is 11.6. The van der Waals surface area contributed by atoms with Crippen LogP contribution in [0.15, 0.2) is 200 Å². The van der Waals surface area contributed by atoms with Crippen LogP contribution >= 0.6 is 22.7 Å². The molecule has 0 fully saturated rings. The minimum atomic E-state index is 1.11. The number of hydrogen-bond acceptors (Lipinski definition) is 3. The molecule has 3 heteroatoms. The molecule has 258 valence electrons. The summed E-state index contributed by atoms with van der Waals surface area (Å²) in [6.45, 7) is 0. The van der Waals surface area contributed by atoms with Crippen LogP contribution in [0.3, 0.4) is 0 Å². The van der Waals surface area contributed by atoms with Crippen molar-refractivity contribution in [2.75, 3.05) is 4.90 Å². The molecule has 2 aromatic heterocycles. The molecule has 0 spiro atoms. The zero-order valence-electron chi connectivity index (χ0n) is 29.8. The number of hydrogen-bond donors (Lipinski definition) is 0. The van der Waals surface area contributed by atoms with Crippen LogP contribution in [0.4, 0.5) is 17.1 Å². The van der Waals surface area contributed by atoms with E-state index in [2.05, 4.69) is 205 Å². The van der Waals surface area contributed by atoms with Gasteiger partial charge in [0.15, 0.2) is 0 Å². The zero-order valence-corrected chi connectivity index (χ0v) is 31.4. The second kappa shape index (κ2) is 13.1. The van der Waals surface area contributed by atoms with Crippen molar-refractivity contribution in [1.29, 1.82) is 0 Å². The summed E-state index contributed by atoms with van der Waals surface area (Å²) < 4.78 is 5.23. The fourth-order valence-electron chi connectivity index (χ4n) is 8.19. The maximum Gasteiger partial charge on any atom is 0.0555 e. The Hall–Kier alpha value is -6.52. The Labute approximate surface area is 327 Å². The molecule has 0 radical (unpaired) electrons. The van der Waals surface area contributed by atoms with Gasteiger partial charge in [0, 0.05) is 51.6 Å². The van der Waals surface area contributed by atoms with Crippen LogP contribution in [0.5, 0.6) is 0 Å². The van der Waals surface area contributed by atoms with Gasteiger partial charge in [-0.15, -0.1) is 22.7 Å². The van der Waals surface area contributed by atoms with E-state index in [4.69, 9.17) is 0 Å². The lowest BCUT2D eigenvalue weighted by atomic mass is 9.95. The number of nitrogens with zero attached hydrogens (tertiary/aromatic N) is 1. The highest BCUT2D eigenvalue weighted by Crippen LogP contribution is 2.48. The maximum atomic E-state index is 2.49. The molecule has 0 saturated carbocycles. The predicted molar refractivity (Wildman–Crippen MR) is 241 cm³/mol. The summed E-state index contributed by atoms with van der Waals surface area (Å²) in [5, 5.41) is 7.68. The molecule has 0 aliphatic heterocycles. The molecule has 2 heterocycles. The van der Waals surface area contributed by atoms with E-state index in [1.165, 1.54) is 90.2 Å². The minimum Gasteiger partial charge on any atom is -0.309 e. The number of anilines is 3. The van der Waals surface area contributed by atoms with Gasteiger partial charge < -0.3 is 4.90 Å².